The summed E-state index contributed by atoms with van der Waals surface area (Å²) in [6.45, 7) is 0. The summed E-state index contributed by atoms with van der Waals surface area (Å²) in [7, 11) is 0. The van der Waals surface area contributed by atoms with E-state index in [0.717, 1.165) is 6.07 Å². The maximum absolute atomic E-state index is 10.4. The predicted molar refractivity (Wildman–Crippen MR) is 43.4 cm³/mol. The van der Waals surface area contributed by atoms with E-state index in [9.17, 15) is 4.79 Å². The zero-order valence-electron chi connectivity index (χ0n) is 6.23. The fraction of sp³-hybridized carbons (Fsp3) is 0. The minimum atomic E-state index is -0.188. The molecule has 6 heteroatoms. The summed E-state index contributed by atoms with van der Waals surface area (Å²) >= 11 is 5.58. The van der Waals surface area contributed by atoms with Crippen LogP contribution in [0.3, 0.4) is 0 Å². The first kappa shape index (κ1) is 9.79. The number of hydrogen-bond acceptors (Lipinski definition) is 5. The van der Waals surface area contributed by atoms with Crippen molar-refractivity contribution in [3.8, 4) is 11.5 Å². The lowest BCUT2D eigenvalue weighted by atomic mass is 10.2. The first-order valence-corrected chi connectivity index (χ1v) is 3.52. The SMILES string of the molecule is O=Cc1c(Cl)cc(OO)cc1OO. The smallest absolute Gasteiger partial charge is 0.180 e. The largest absolute Gasteiger partial charge is 0.340 e. The summed E-state index contributed by atoms with van der Waals surface area (Å²) < 4.78 is 0. The fourth-order valence-corrected chi connectivity index (χ4v) is 1.06. The van der Waals surface area contributed by atoms with Gasteiger partial charge in [0.25, 0.3) is 0 Å². The summed E-state index contributed by atoms with van der Waals surface area (Å²) in [5.74, 6) is -0.230. The molecule has 13 heavy (non-hydrogen) atoms. The van der Waals surface area contributed by atoms with E-state index < -0.39 is 0 Å². The van der Waals surface area contributed by atoms with E-state index in [1.165, 1.54) is 6.07 Å². The monoisotopic (exact) mass is 204 g/mol. The molecule has 0 unspecified atom stereocenters. The van der Waals surface area contributed by atoms with Crippen LogP contribution in [0, 0.1) is 0 Å². The molecule has 1 aromatic rings. The Bertz CT molecular complexity index is 325. The second kappa shape index (κ2) is 4.08. The fourth-order valence-electron chi connectivity index (χ4n) is 0.812. The molecule has 0 atom stereocenters. The Kier molecular flexibility index (Phi) is 3.07. The van der Waals surface area contributed by atoms with E-state index in [0.29, 0.717) is 6.29 Å². The Labute approximate surface area is 77.9 Å². The van der Waals surface area contributed by atoms with E-state index in [-0.39, 0.29) is 22.1 Å². The van der Waals surface area contributed by atoms with Crippen LogP contribution in [-0.4, -0.2) is 16.8 Å². The van der Waals surface area contributed by atoms with Gasteiger partial charge in [0.05, 0.1) is 10.6 Å². The number of rotatable bonds is 3. The molecule has 0 aromatic heterocycles. The number of hydrogen-bond donors (Lipinski definition) is 2. The van der Waals surface area contributed by atoms with Crippen LogP contribution in [0.5, 0.6) is 11.5 Å². The average molecular weight is 205 g/mol. The molecule has 0 aliphatic carbocycles. The molecule has 0 spiro atoms. The van der Waals surface area contributed by atoms with Gasteiger partial charge in [-0.2, -0.15) is 0 Å². The number of halogens is 1. The average Bonchev–Trinajstić information content (AvgIpc) is 2.16. The molecule has 0 fully saturated rings. The molecule has 0 heterocycles. The summed E-state index contributed by atoms with van der Waals surface area (Å²) in [4.78, 5) is 18.1. The van der Waals surface area contributed by atoms with Crippen molar-refractivity contribution in [1.82, 2.24) is 0 Å². The van der Waals surface area contributed by atoms with Crippen LogP contribution in [0.25, 0.3) is 0 Å². The Hall–Kier alpha value is -1.30. The van der Waals surface area contributed by atoms with Crippen molar-refractivity contribution in [2.45, 2.75) is 0 Å². The third-order valence-corrected chi connectivity index (χ3v) is 1.70. The van der Waals surface area contributed by atoms with Crippen molar-refractivity contribution in [2.24, 2.45) is 0 Å². The van der Waals surface area contributed by atoms with Crippen LogP contribution in [0.15, 0.2) is 12.1 Å². The van der Waals surface area contributed by atoms with E-state index in [1.807, 2.05) is 0 Å². The van der Waals surface area contributed by atoms with Crippen molar-refractivity contribution < 1.29 is 25.1 Å². The van der Waals surface area contributed by atoms with Gasteiger partial charge in [-0.05, 0) is 0 Å². The lowest BCUT2D eigenvalue weighted by molar-refractivity contribution is -0.144. The second-order valence-corrected chi connectivity index (χ2v) is 2.52. The molecular formula is C7H5ClO5. The third kappa shape index (κ3) is 1.89. The summed E-state index contributed by atoms with van der Waals surface area (Å²) in [6, 6.07) is 2.31. The number of carbonyl (C=O) groups is 1. The highest BCUT2D eigenvalue weighted by Crippen LogP contribution is 2.30. The van der Waals surface area contributed by atoms with Crippen LogP contribution in [0.1, 0.15) is 10.4 Å². The van der Waals surface area contributed by atoms with Gasteiger partial charge in [0.2, 0.25) is 0 Å². The normalized spacial score (nSPS) is 9.46. The van der Waals surface area contributed by atoms with Crippen LogP contribution in [0.4, 0.5) is 0 Å². The number of benzene rings is 1. The van der Waals surface area contributed by atoms with Crippen molar-refractivity contribution in [3.63, 3.8) is 0 Å². The molecule has 1 rings (SSSR count). The van der Waals surface area contributed by atoms with Gasteiger partial charge >= 0.3 is 0 Å². The molecule has 0 aliphatic rings. The second-order valence-electron chi connectivity index (χ2n) is 2.12. The molecule has 1 aromatic carbocycles. The van der Waals surface area contributed by atoms with Crippen LogP contribution < -0.4 is 9.78 Å². The highest BCUT2D eigenvalue weighted by atomic mass is 35.5. The van der Waals surface area contributed by atoms with E-state index >= 15 is 0 Å². The van der Waals surface area contributed by atoms with E-state index in [4.69, 9.17) is 22.1 Å². The summed E-state index contributed by atoms with van der Waals surface area (Å²) in [5.41, 5.74) is -0.0232. The van der Waals surface area contributed by atoms with Gasteiger partial charge in [0.15, 0.2) is 17.8 Å². The van der Waals surface area contributed by atoms with Crippen molar-refractivity contribution >= 4 is 17.9 Å². The van der Waals surface area contributed by atoms with Crippen molar-refractivity contribution in [1.29, 1.82) is 0 Å². The Morgan fingerprint density at radius 3 is 2.46 bits per heavy atom. The van der Waals surface area contributed by atoms with Crippen molar-refractivity contribution in [3.05, 3.63) is 22.7 Å². The molecule has 2 N–H and O–H groups in total. The van der Waals surface area contributed by atoms with Gasteiger partial charge in [0.1, 0.15) is 0 Å². The van der Waals surface area contributed by atoms with E-state index in [2.05, 4.69) is 9.78 Å². The highest BCUT2D eigenvalue weighted by Gasteiger charge is 2.11. The quantitative estimate of drug-likeness (QED) is 0.447. The molecule has 0 amide bonds. The number of carbonyl (C=O) groups excluding carboxylic acids is 1. The first-order valence-electron chi connectivity index (χ1n) is 3.14. The molecule has 0 bridgehead atoms. The Balaban J connectivity index is 3.28. The van der Waals surface area contributed by atoms with Gasteiger partial charge in [-0.25, -0.2) is 10.5 Å². The lowest BCUT2D eigenvalue weighted by Crippen LogP contribution is -1.94. The number of aldehydes is 1. The molecule has 5 nitrogen and oxygen atoms in total. The zero-order valence-corrected chi connectivity index (χ0v) is 6.99. The van der Waals surface area contributed by atoms with Crippen LogP contribution in [-0.2, 0) is 0 Å². The molecule has 70 valence electrons. The highest BCUT2D eigenvalue weighted by molar-refractivity contribution is 6.33. The minimum absolute atomic E-state index is 0.00519. The van der Waals surface area contributed by atoms with E-state index in [1.54, 1.807) is 0 Å². The molecular weight excluding hydrogens is 200 g/mol. The maximum Gasteiger partial charge on any atom is 0.180 e. The minimum Gasteiger partial charge on any atom is -0.340 e. The lowest BCUT2D eigenvalue weighted by Gasteiger charge is -2.04. The molecule has 0 saturated carbocycles. The van der Waals surface area contributed by atoms with Gasteiger partial charge in [-0.1, -0.05) is 11.6 Å². The van der Waals surface area contributed by atoms with Gasteiger partial charge in [0, 0.05) is 12.1 Å². The summed E-state index contributed by atoms with van der Waals surface area (Å²) in [6.07, 6.45) is 0.412. The predicted octanol–water partition coefficient (Wildman–Crippen LogP) is 1.86. The standard InChI is InChI=1S/C7H5ClO5/c8-6-1-4(12-10)2-7(13-11)5(6)3-9/h1-3,10-11H. The molecule has 0 radical (unpaired) electrons. The first-order chi connectivity index (χ1) is 6.22. The van der Waals surface area contributed by atoms with Gasteiger partial charge < -0.3 is 9.78 Å². The maximum atomic E-state index is 10.4. The molecule has 0 aliphatic heterocycles. The third-order valence-electron chi connectivity index (χ3n) is 1.39. The van der Waals surface area contributed by atoms with Crippen LogP contribution >= 0.6 is 11.6 Å². The van der Waals surface area contributed by atoms with Crippen LogP contribution in [0.2, 0.25) is 5.02 Å². The Morgan fingerprint density at radius 2 is 2.00 bits per heavy atom. The van der Waals surface area contributed by atoms with Gasteiger partial charge in [-0.3, -0.25) is 4.79 Å². The summed E-state index contributed by atoms with van der Waals surface area (Å²) in [5, 5.41) is 16.6. The van der Waals surface area contributed by atoms with Gasteiger partial charge in [-0.15, -0.1) is 0 Å². The molecule has 0 saturated heterocycles. The topological polar surface area (TPSA) is 76.0 Å². The van der Waals surface area contributed by atoms with Crippen molar-refractivity contribution in [2.75, 3.05) is 0 Å². The Morgan fingerprint density at radius 1 is 1.31 bits per heavy atom. The zero-order chi connectivity index (χ0) is 9.84.